The summed E-state index contributed by atoms with van der Waals surface area (Å²) in [6.45, 7) is 3.65. The van der Waals surface area contributed by atoms with Gasteiger partial charge in [0.1, 0.15) is 6.04 Å². The molecule has 19 heavy (non-hydrogen) atoms. The molecule has 0 radical (unpaired) electrons. The van der Waals surface area contributed by atoms with Crippen molar-refractivity contribution in [2.75, 3.05) is 5.32 Å². The van der Waals surface area contributed by atoms with E-state index in [4.69, 9.17) is 16.7 Å². The van der Waals surface area contributed by atoms with Crippen molar-refractivity contribution in [3.63, 3.8) is 0 Å². The number of amides is 2. The van der Waals surface area contributed by atoms with Gasteiger partial charge >= 0.3 is 12.0 Å². The zero-order chi connectivity index (χ0) is 14.4. The van der Waals surface area contributed by atoms with E-state index in [1.165, 1.54) is 0 Å². The normalized spacial score (nSPS) is 13.4. The van der Waals surface area contributed by atoms with Gasteiger partial charge in [-0.05, 0) is 24.1 Å². The number of benzene rings is 1. The summed E-state index contributed by atoms with van der Waals surface area (Å²) in [7, 11) is 0. The van der Waals surface area contributed by atoms with Gasteiger partial charge in [0.05, 0.1) is 0 Å². The minimum Gasteiger partial charge on any atom is -0.480 e. The van der Waals surface area contributed by atoms with Crippen LogP contribution < -0.4 is 10.6 Å². The second kappa shape index (κ2) is 6.99. The van der Waals surface area contributed by atoms with Crippen molar-refractivity contribution in [2.45, 2.75) is 26.3 Å². The molecule has 1 aromatic rings. The Labute approximate surface area is 117 Å². The summed E-state index contributed by atoms with van der Waals surface area (Å²) in [5.74, 6) is -1.20. The summed E-state index contributed by atoms with van der Waals surface area (Å²) in [5, 5.41) is 14.6. The highest BCUT2D eigenvalue weighted by Crippen LogP contribution is 2.15. The molecule has 0 heterocycles. The van der Waals surface area contributed by atoms with Crippen LogP contribution in [-0.2, 0) is 4.79 Å². The van der Waals surface area contributed by atoms with Gasteiger partial charge in [-0.2, -0.15) is 0 Å². The van der Waals surface area contributed by atoms with Crippen LogP contribution in [0.2, 0.25) is 5.02 Å². The number of anilines is 1. The molecule has 6 heteroatoms. The number of rotatable bonds is 5. The van der Waals surface area contributed by atoms with E-state index in [1.807, 2.05) is 6.92 Å². The van der Waals surface area contributed by atoms with Gasteiger partial charge in [0.25, 0.3) is 0 Å². The first-order chi connectivity index (χ1) is 8.93. The number of nitrogens with one attached hydrogen (secondary N) is 2. The highest BCUT2D eigenvalue weighted by molar-refractivity contribution is 6.30. The smallest absolute Gasteiger partial charge is 0.326 e. The molecule has 2 amide bonds. The highest BCUT2D eigenvalue weighted by Gasteiger charge is 2.25. The van der Waals surface area contributed by atoms with Crippen molar-refractivity contribution < 1.29 is 14.7 Å². The van der Waals surface area contributed by atoms with Crippen LogP contribution in [0.15, 0.2) is 24.3 Å². The summed E-state index contributed by atoms with van der Waals surface area (Å²) in [5.41, 5.74) is 0.512. The Balaban J connectivity index is 2.65. The molecule has 0 aliphatic rings. The largest absolute Gasteiger partial charge is 0.480 e. The Hall–Kier alpha value is -1.75. The fourth-order valence-electron chi connectivity index (χ4n) is 1.56. The van der Waals surface area contributed by atoms with Crippen LogP contribution in [0.4, 0.5) is 10.5 Å². The average Bonchev–Trinajstić information content (AvgIpc) is 2.34. The molecule has 0 fully saturated rings. The first-order valence-electron chi connectivity index (χ1n) is 6.00. The van der Waals surface area contributed by atoms with E-state index in [1.54, 1.807) is 31.2 Å². The van der Waals surface area contributed by atoms with E-state index in [9.17, 15) is 9.59 Å². The summed E-state index contributed by atoms with van der Waals surface area (Å²) in [6.07, 6.45) is 0.661. The zero-order valence-corrected chi connectivity index (χ0v) is 11.6. The van der Waals surface area contributed by atoms with Crippen molar-refractivity contribution in [3.8, 4) is 0 Å². The molecule has 0 bridgehead atoms. The summed E-state index contributed by atoms with van der Waals surface area (Å²) in [6, 6.07) is 5.16. The van der Waals surface area contributed by atoms with Gasteiger partial charge in [-0.1, -0.05) is 37.9 Å². The van der Waals surface area contributed by atoms with Crippen LogP contribution >= 0.6 is 11.6 Å². The Bertz CT molecular complexity index is 465. The minimum absolute atomic E-state index is 0.150. The standard InChI is InChI=1S/C13H17ClN2O3/c1-3-8(2)11(12(17)18)16-13(19)15-10-6-4-5-9(14)7-10/h4-8,11H,3H2,1-2H3,(H,17,18)(H2,15,16,19)/t8?,11-/m0/s1. The van der Waals surface area contributed by atoms with E-state index < -0.39 is 18.0 Å². The van der Waals surface area contributed by atoms with Crippen LogP contribution in [0.3, 0.4) is 0 Å². The fourth-order valence-corrected chi connectivity index (χ4v) is 1.75. The lowest BCUT2D eigenvalue weighted by Gasteiger charge is -2.20. The summed E-state index contributed by atoms with van der Waals surface area (Å²) in [4.78, 5) is 22.8. The number of urea groups is 1. The molecule has 2 atom stereocenters. The topological polar surface area (TPSA) is 78.4 Å². The second-order valence-corrected chi connectivity index (χ2v) is 4.75. The third-order valence-electron chi connectivity index (χ3n) is 2.85. The molecule has 1 rings (SSSR count). The van der Waals surface area contributed by atoms with E-state index in [2.05, 4.69) is 10.6 Å². The van der Waals surface area contributed by atoms with Crippen molar-refractivity contribution in [3.05, 3.63) is 29.3 Å². The maximum atomic E-state index is 11.7. The number of carbonyl (C=O) groups excluding carboxylic acids is 1. The lowest BCUT2D eigenvalue weighted by atomic mass is 9.99. The molecular weight excluding hydrogens is 268 g/mol. The van der Waals surface area contributed by atoms with Crippen molar-refractivity contribution >= 4 is 29.3 Å². The number of aliphatic carboxylic acids is 1. The van der Waals surface area contributed by atoms with E-state index in [0.717, 1.165) is 0 Å². The van der Waals surface area contributed by atoms with Gasteiger partial charge in [-0.15, -0.1) is 0 Å². The summed E-state index contributed by atoms with van der Waals surface area (Å²) < 4.78 is 0. The molecule has 0 spiro atoms. The first kappa shape index (κ1) is 15.3. The Kier molecular flexibility index (Phi) is 5.63. The molecule has 3 N–H and O–H groups in total. The van der Waals surface area contributed by atoms with E-state index in [-0.39, 0.29) is 5.92 Å². The predicted octanol–water partition coefficient (Wildman–Crippen LogP) is 2.96. The maximum Gasteiger partial charge on any atom is 0.326 e. The average molecular weight is 285 g/mol. The Morgan fingerprint density at radius 2 is 2.11 bits per heavy atom. The molecule has 0 aliphatic carbocycles. The minimum atomic E-state index is -1.05. The molecule has 104 valence electrons. The highest BCUT2D eigenvalue weighted by atomic mass is 35.5. The van der Waals surface area contributed by atoms with Gasteiger partial charge in [0.15, 0.2) is 0 Å². The van der Waals surface area contributed by atoms with Gasteiger partial charge in [0, 0.05) is 10.7 Å². The first-order valence-corrected chi connectivity index (χ1v) is 6.37. The zero-order valence-electron chi connectivity index (χ0n) is 10.8. The van der Waals surface area contributed by atoms with Gasteiger partial charge in [0.2, 0.25) is 0 Å². The van der Waals surface area contributed by atoms with Crippen LogP contribution in [-0.4, -0.2) is 23.1 Å². The molecule has 0 saturated heterocycles. The molecule has 1 aromatic carbocycles. The third-order valence-corrected chi connectivity index (χ3v) is 3.08. The molecule has 5 nitrogen and oxygen atoms in total. The van der Waals surface area contributed by atoms with Crippen LogP contribution in [0, 0.1) is 5.92 Å². The van der Waals surface area contributed by atoms with Crippen LogP contribution in [0.1, 0.15) is 20.3 Å². The molecule has 0 aliphatic heterocycles. The fraction of sp³-hybridized carbons (Fsp3) is 0.385. The molecule has 1 unspecified atom stereocenters. The van der Waals surface area contributed by atoms with Gasteiger partial charge in [-0.3, -0.25) is 0 Å². The number of halogens is 1. The van der Waals surface area contributed by atoms with Gasteiger partial charge in [-0.25, -0.2) is 9.59 Å². The van der Waals surface area contributed by atoms with E-state index >= 15 is 0 Å². The summed E-state index contributed by atoms with van der Waals surface area (Å²) >= 11 is 5.79. The van der Waals surface area contributed by atoms with Crippen molar-refractivity contribution in [2.24, 2.45) is 5.92 Å². The number of hydrogen-bond donors (Lipinski definition) is 3. The monoisotopic (exact) mass is 284 g/mol. The van der Waals surface area contributed by atoms with Crippen molar-refractivity contribution in [1.29, 1.82) is 0 Å². The molecule has 0 saturated carbocycles. The second-order valence-electron chi connectivity index (χ2n) is 4.31. The van der Waals surface area contributed by atoms with E-state index in [0.29, 0.717) is 17.1 Å². The number of carbonyl (C=O) groups is 2. The van der Waals surface area contributed by atoms with Crippen LogP contribution in [0.5, 0.6) is 0 Å². The Morgan fingerprint density at radius 1 is 1.42 bits per heavy atom. The maximum absolute atomic E-state index is 11.7. The quantitative estimate of drug-likeness (QED) is 0.778. The SMILES string of the molecule is CCC(C)[C@H](NC(=O)Nc1cccc(Cl)c1)C(=O)O. The Morgan fingerprint density at radius 3 is 2.63 bits per heavy atom. The number of carboxylic acids is 1. The van der Waals surface area contributed by atoms with Crippen molar-refractivity contribution in [1.82, 2.24) is 5.32 Å². The third kappa shape index (κ3) is 4.79. The molecular formula is C13H17ClN2O3. The van der Waals surface area contributed by atoms with Gasteiger partial charge < -0.3 is 15.7 Å². The number of carboxylic acid groups (broad SMARTS) is 1. The van der Waals surface area contributed by atoms with Crippen LogP contribution in [0.25, 0.3) is 0 Å². The predicted molar refractivity (Wildman–Crippen MR) is 74.5 cm³/mol. The lowest BCUT2D eigenvalue weighted by molar-refractivity contribution is -0.140. The molecule has 0 aromatic heterocycles. The lowest BCUT2D eigenvalue weighted by Crippen LogP contribution is -2.46. The number of hydrogen-bond acceptors (Lipinski definition) is 2.